The molecule has 3 N–H and O–H groups in total. The number of benzene rings is 2. The van der Waals surface area contributed by atoms with Crippen LogP contribution in [0.15, 0.2) is 30.3 Å². The van der Waals surface area contributed by atoms with Crippen LogP contribution in [-0.4, -0.2) is 5.91 Å². The Morgan fingerprint density at radius 3 is 2.25 bits per heavy atom. The van der Waals surface area contributed by atoms with Gasteiger partial charge < -0.3 is 11.1 Å². The van der Waals surface area contributed by atoms with Crippen LogP contribution in [0.3, 0.4) is 0 Å². The molecule has 104 valence electrons. The van der Waals surface area contributed by atoms with Gasteiger partial charge in [0.25, 0.3) is 5.91 Å². The summed E-state index contributed by atoms with van der Waals surface area (Å²) in [5.41, 5.74) is 5.58. The van der Waals surface area contributed by atoms with Crippen molar-refractivity contribution >= 4 is 28.9 Å². The van der Waals surface area contributed by atoms with E-state index in [-0.39, 0.29) is 16.9 Å². The highest BCUT2D eigenvalue weighted by Gasteiger charge is 2.14. The summed E-state index contributed by atoms with van der Waals surface area (Å²) in [6, 6.07) is 5.51. The predicted octanol–water partition coefficient (Wildman–Crippen LogP) is 3.59. The summed E-state index contributed by atoms with van der Waals surface area (Å²) < 4.78 is 38.8. The Labute approximate surface area is 117 Å². The molecule has 0 bridgehead atoms. The molecule has 0 fully saturated rings. The van der Waals surface area contributed by atoms with Crippen molar-refractivity contribution in [3.8, 4) is 0 Å². The molecule has 2 rings (SSSR count). The first-order chi connectivity index (χ1) is 9.38. The van der Waals surface area contributed by atoms with Crippen LogP contribution in [0.4, 0.5) is 24.5 Å². The maximum absolute atomic E-state index is 13.0. The number of carbonyl (C=O) groups is 1. The van der Waals surface area contributed by atoms with Crippen LogP contribution in [0.5, 0.6) is 0 Å². The van der Waals surface area contributed by atoms with Crippen LogP contribution in [0.1, 0.15) is 10.4 Å². The molecule has 7 heteroatoms. The van der Waals surface area contributed by atoms with Crippen molar-refractivity contribution in [2.75, 3.05) is 11.1 Å². The fraction of sp³-hybridized carbons (Fsp3) is 0. The second kappa shape index (κ2) is 5.42. The molecule has 0 saturated carbocycles. The molecule has 3 nitrogen and oxygen atoms in total. The van der Waals surface area contributed by atoms with Gasteiger partial charge in [-0.05, 0) is 18.2 Å². The van der Waals surface area contributed by atoms with Gasteiger partial charge >= 0.3 is 0 Å². The van der Waals surface area contributed by atoms with Crippen LogP contribution in [0, 0.1) is 17.5 Å². The van der Waals surface area contributed by atoms with Gasteiger partial charge in [0, 0.05) is 28.5 Å². The molecule has 0 saturated heterocycles. The van der Waals surface area contributed by atoms with Crippen molar-refractivity contribution in [3.05, 3.63) is 58.4 Å². The number of nitrogens with two attached hydrogens (primary N) is 1. The number of rotatable bonds is 2. The lowest BCUT2D eigenvalue weighted by atomic mass is 10.1. The SMILES string of the molecule is Nc1cc(Cl)ccc1C(=O)Nc1cc(F)c(F)c(F)c1. The maximum Gasteiger partial charge on any atom is 0.257 e. The highest BCUT2D eigenvalue weighted by molar-refractivity contribution is 6.31. The predicted molar refractivity (Wildman–Crippen MR) is 70.1 cm³/mol. The van der Waals surface area contributed by atoms with Crippen molar-refractivity contribution in [2.24, 2.45) is 0 Å². The normalized spacial score (nSPS) is 10.4. The number of halogens is 4. The van der Waals surface area contributed by atoms with Crippen LogP contribution in [0.25, 0.3) is 0 Å². The number of anilines is 2. The minimum Gasteiger partial charge on any atom is -0.398 e. The van der Waals surface area contributed by atoms with Crippen molar-refractivity contribution < 1.29 is 18.0 Å². The third-order valence-corrected chi connectivity index (χ3v) is 2.74. The quantitative estimate of drug-likeness (QED) is 0.658. The molecule has 0 heterocycles. The van der Waals surface area contributed by atoms with Crippen LogP contribution < -0.4 is 11.1 Å². The third kappa shape index (κ3) is 2.85. The number of amides is 1. The van der Waals surface area contributed by atoms with Gasteiger partial charge in [0.1, 0.15) is 0 Å². The van der Waals surface area contributed by atoms with Crippen molar-refractivity contribution in [2.45, 2.75) is 0 Å². The van der Waals surface area contributed by atoms with E-state index in [0.29, 0.717) is 17.2 Å². The lowest BCUT2D eigenvalue weighted by Gasteiger charge is -2.08. The van der Waals surface area contributed by atoms with Gasteiger partial charge in [0.2, 0.25) is 0 Å². The topological polar surface area (TPSA) is 55.1 Å². The van der Waals surface area contributed by atoms with Gasteiger partial charge in [-0.2, -0.15) is 0 Å². The minimum atomic E-state index is -1.60. The van der Waals surface area contributed by atoms with Gasteiger partial charge in [0.05, 0.1) is 5.56 Å². The van der Waals surface area contributed by atoms with Crippen LogP contribution >= 0.6 is 11.6 Å². The molecule has 2 aromatic rings. The molecule has 0 aliphatic heterocycles. The van der Waals surface area contributed by atoms with E-state index in [0.717, 1.165) is 0 Å². The summed E-state index contributed by atoms with van der Waals surface area (Å²) in [5.74, 6) is -5.09. The van der Waals surface area contributed by atoms with E-state index >= 15 is 0 Å². The Balaban J connectivity index is 2.28. The van der Waals surface area contributed by atoms with Crippen LogP contribution in [-0.2, 0) is 0 Å². The molecule has 0 radical (unpaired) electrons. The van der Waals surface area contributed by atoms with Gasteiger partial charge in [-0.15, -0.1) is 0 Å². The number of hydrogen-bond donors (Lipinski definition) is 2. The Hall–Kier alpha value is -2.21. The second-order valence-electron chi connectivity index (χ2n) is 3.94. The average molecular weight is 301 g/mol. The first-order valence-corrected chi connectivity index (χ1v) is 5.77. The summed E-state index contributed by atoms with van der Waals surface area (Å²) in [6.07, 6.45) is 0. The van der Waals surface area contributed by atoms with Crippen molar-refractivity contribution in [3.63, 3.8) is 0 Å². The molecule has 0 spiro atoms. The Kier molecular flexibility index (Phi) is 3.85. The number of nitrogens with one attached hydrogen (secondary N) is 1. The van der Waals surface area contributed by atoms with Gasteiger partial charge in [0.15, 0.2) is 17.5 Å². The lowest BCUT2D eigenvalue weighted by Crippen LogP contribution is -2.14. The van der Waals surface area contributed by atoms with E-state index < -0.39 is 23.4 Å². The molecule has 0 aromatic heterocycles. The number of nitrogen functional groups attached to an aromatic ring is 1. The van der Waals surface area contributed by atoms with Crippen molar-refractivity contribution in [1.29, 1.82) is 0 Å². The molecular weight excluding hydrogens is 293 g/mol. The maximum atomic E-state index is 13.0. The summed E-state index contributed by atoms with van der Waals surface area (Å²) in [7, 11) is 0. The van der Waals surface area contributed by atoms with Gasteiger partial charge in [-0.1, -0.05) is 11.6 Å². The molecule has 20 heavy (non-hydrogen) atoms. The van der Waals surface area contributed by atoms with E-state index in [2.05, 4.69) is 5.32 Å². The van der Waals surface area contributed by atoms with E-state index in [9.17, 15) is 18.0 Å². The molecule has 0 aliphatic carbocycles. The first-order valence-electron chi connectivity index (χ1n) is 5.39. The zero-order valence-electron chi connectivity index (χ0n) is 9.88. The van der Waals surface area contributed by atoms with Gasteiger partial charge in [-0.25, -0.2) is 13.2 Å². The summed E-state index contributed by atoms with van der Waals surface area (Å²) in [5, 5.41) is 2.56. The molecule has 2 aromatic carbocycles. The largest absolute Gasteiger partial charge is 0.398 e. The van der Waals surface area contributed by atoms with Crippen LogP contribution in [0.2, 0.25) is 5.02 Å². The second-order valence-corrected chi connectivity index (χ2v) is 4.38. The minimum absolute atomic E-state index is 0.0829. The molecule has 0 aliphatic rings. The average Bonchev–Trinajstić information content (AvgIpc) is 2.35. The Morgan fingerprint density at radius 1 is 1.10 bits per heavy atom. The number of hydrogen-bond acceptors (Lipinski definition) is 2. The highest BCUT2D eigenvalue weighted by Crippen LogP contribution is 2.21. The fourth-order valence-corrected chi connectivity index (χ4v) is 1.75. The zero-order valence-corrected chi connectivity index (χ0v) is 10.6. The zero-order chi connectivity index (χ0) is 14.9. The fourth-order valence-electron chi connectivity index (χ4n) is 1.57. The highest BCUT2D eigenvalue weighted by atomic mass is 35.5. The van der Waals surface area contributed by atoms with E-state index in [4.69, 9.17) is 17.3 Å². The summed E-state index contributed by atoms with van der Waals surface area (Å²) in [6.45, 7) is 0. The number of carbonyl (C=O) groups excluding carboxylic acids is 1. The van der Waals surface area contributed by atoms with E-state index in [1.54, 1.807) is 0 Å². The first kappa shape index (κ1) is 14.2. The van der Waals surface area contributed by atoms with Gasteiger partial charge in [-0.3, -0.25) is 4.79 Å². The Bertz CT molecular complexity index is 668. The van der Waals surface area contributed by atoms with Crippen molar-refractivity contribution in [1.82, 2.24) is 0 Å². The Morgan fingerprint density at radius 2 is 1.70 bits per heavy atom. The lowest BCUT2D eigenvalue weighted by molar-refractivity contribution is 0.102. The summed E-state index contributed by atoms with van der Waals surface area (Å²) >= 11 is 5.69. The monoisotopic (exact) mass is 300 g/mol. The van der Waals surface area contributed by atoms with E-state index in [1.807, 2.05) is 0 Å². The standard InChI is InChI=1S/C13H8ClF3N2O/c14-6-1-2-8(11(18)3-6)13(20)19-7-4-9(15)12(17)10(16)5-7/h1-5H,18H2,(H,19,20). The molecule has 0 unspecified atom stereocenters. The third-order valence-electron chi connectivity index (χ3n) is 2.50. The molecular formula is C13H8ClF3N2O. The molecule has 1 amide bonds. The van der Waals surface area contributed by atoms with E-state index in [1.165, 1.54) is 18.2 Å². The summed E-state index contributed by atoms with van der Waals surface area (Å²) in [4.78, 5) is 11.9. The molecule has 0 atom stereocenters. The smallest absolute Gasteiger partial charge is 0.257 e.